The summed E-state index contributed by atoms with van der Waals surface area (Å²) in [5, 5.41) is 0.133. The van der Waals surface area contributed by atoms with Crippen LogP contribution in [0.3, 0.4) is 0 Å². The number of halogens is 5. The number of aromatic nitrogens is 1. The summed E-state index contributed by atoms with van der Waals surface area (Å²) in [7, 11) is 0. The number of carbonyl (C=O) groups excluding carboxylic acids is 1. The first-order chi connectivity index (χ1) is 9.38. The predicted octanol–water partition coefficient (Wildman–Crippen LogP) is 5.12. The minimum absolute atomic E-state index is 0.0146. The van der Waals surface area contributed by atoms with E-state index in [-0.39, 0.29) is 36.2 Å². The molecular weight excluding hydrogens is 367 g/mol. The number of aldehydes is 1. The van der Waals surface area contributed by atoms with Gasteiger partial charge in [-0.05, 0) is 0 Å². The normalized spacial score (nSPS) is 10.7. The fourth-order valence-corrected chi connectivity index (χ4v) is 2.98. The summed E-state index contributed by atoms with van der Waals surface area (Å²) in [4.78, 5) is 24.7. The summed E-state index contributed by atoms with van der Waals surface area (Å²) < 4.78 is 0. The SMILES string of the molecule is O=Cc1cc(=O)[nH]cc1-c1c(Cl)c(Cl)c(Cl)c(Cl)c1Cl. The summed E-state index contributed by atoms with van der Waals surface area (Å²) >= 11 is 30.0. The first-order valence-corrected chi connectivity index (χ1v) is 6.97. The van der Waals surface area contributed by atoms with Gasteiger partial charge in [-0.25, -0.2) is 0 Å². The van der Waals surface area contributed by atoms with E-state index in [1.54, 1.807) is 0 Å². The van der Waals surface area contributed by atoms with Crippen molar-refractivity contribution in [3.63, 3.8) is 0 Å². The van der Waals surface area contributed by atoms with Gasteiger partial charge in [-0.15, -0.1) is 0 Å². The van der Waals surface area contributed by atoms with Crippen molar-refractivity contribution < 1.29 is 4.79 Å². The van der Waals surface area contributed by atoms with E-state index in [0.717, 1.165) is 6.07 Å². The average molecular weight is 371 g/mol. The van der Waals surface area contributed by atoms with Crippen LogP contribution in [0.1, 0.15) is 10.4 Å². The molecule has 1 aromatic carbocycles. The molecule has 3 nitrogen and oxygen atoms in total. The minimum atomic E-state index is -0.436. The van der Waals surface area contributed by atoms with E-state index in [2.05, 4.69) is 4.98 Å². The lowest BCUT2D eigenvalue weighted by Gasteiger charge is -2.13. The number of aromatic amines is 1. The highest BCUT2D eigenvalue weighted by atomic mass is 35.5. The molecule has 0 aliphatic rings. The van der Waals surface area contributed by atoms with Crippen molar-refractivity contribution >= 4 is 64.3 Å². The summed E-state index contributed by atoms with van der Waals surface area (Å²) in [6.45, 7) is 0. The van der Waals surface area contributed by atoms with Crippen molar-refractivity contribution in [2.75, 3.05) is 0 Å². The molecule has 1 heterocycles. The molecule has 2 rings (SSSR count). The highest BCUT2D eigenvalue weighted by molar-refractivity contribution is 6.56. The maximum atomic E-state index is 11.2. The molecule has 0 unspecified atom stereocenters. The van der Waals surface area contributed by atoms with Crippen LogP contribution in [0, 0.1) is 0 Å². The van der Waals surface area contributed by atoms with Gasteiger partial charge in [0.15, 0.2) is 6.29 Å². The molecule has 20 heavy (non-hydrogen) atoms. The third-order valence-electron chi connectivity index (χ3n) is 2.56. The van der Waals surface area contributed by atoms with E-state index in [1.807, 2.05) is 0 Å². The second-order valence-corrected chi connectivity index (χ2v) is 5.62. The number of carbonyl (C=O) groups is 1. The number of H-pyrrole nitrogens is 1. The zero-order chi connectivity index (χ0) is 15.0. The van der Waals surface area contributed by atoms with Crippen LogP contribution in [0.2, 0.25) is 25.1 Å². The maximum absolute atomic E-state index is 11.2. The van der Waals surface area contributed by atoms with Crippen molar-refractivity contribution in [3.8, 4) is 11.1 Å². The minimum Gasteiger partial charge on any atom is -0.328 e. The second-order valence-electron chi connectivity index (χ2n) is 3.73. The van der Waals surface area contributed by atoms with Crippen LogP contribution in [0.4, 0.5) is 0 Å². The number of hydrogen-bond donors (Lipinski definition) is 1. The molecule has 0 atom stereocenters. The Morgan fingerprint density at radius 2 is 1.40 bits per heavy atom. The van der Waals surface area contributed by atoms with Gasteiger partial charge in [0, 0.05) is 29.0 Å². The standard InChI is InChI=1S/C12H4Cl5NO2/c13-8-7(9(14)11(16)12(17)10(8)15)5-2-18-6(20)1-4(5)3-19/h1-3H,(H,18,20). The Labute approximate surface area is 138 Å². The molecule has 0 saturated heterocycles. The molecule has 2 aromatic rings. The van der Waals surface area contributed by atoms with Gasteiger partial charge in [0.1, 0.15) is 0 Å². The molecular formula is C12H4Cl5NO2. The van der Waals surface area contributed by atoms with Gasteiger partial charge in [0.05, 0.1) is 25.1 Å². The number of benzene rings is 1. The fourth-order valence-electron chi connectivity index (χ4n) is 1.64. The summed E-state index contributed by atoms with van der Waals surface area (Å²) in [6.07, 6.45) is 1.81. The van der Waals surface area contributed by atoms with Crippen LogP contribution in [0.15, 0.2) is 17.1 Å². The Bertz CT molecular complexity index is 740. The third kappa shape index (κ3) is 2.57. The molecule has 8 heteroatoms. The molecule has 0 aliphatic heterocycles. The molecule has 0 amide bonds. The second kappa shape index (κ2) is 5.96. The smallest absolute Gasteiger partial charge is 0.248 e. The van der Waals surface area contributed by atoms with E-state index < -0.39 is 5.56 Å². The summed E-state index contributed by atoms with van der Waals surface area (Å²) in [5.41, 5.74) is 0.197. The molecule has 0 fully saturated rings. The molecule has 0 spiro atoms. The molecule has 0 radical (unpaired) electrons. The van der Waals surface area contributed by atoms with E-state index in [9.17, 15) is 9.59 Å². The van der Waals surface area contributed by atoms with Crippen molar-refractivity contribution in [1.29, 1.82) is 0 Å². The molecule has 0 bridgehead atoms. The molecule has 0 saturated carbocycles. The Kier molecular flexibility index (Phi) is 4.67. The van der Waals surface area contributed by atoms with Crippen LogP contribution < -0.4 is 5.56 Å². The lowest BCUT2D eigenvalue weighted by Crippen LogP contribution is -2.06. The number of nitrogens with one attached hydrogen (secondary N) is 1. The topological polar surface area (TPSA) is 49.9 Å². The summed E-state index contributed by atoms with van der Waals surface area (Å²) in [5.74, 6) is 0. The van der Waals surface area contributed by atoms with Gasteiger partial charge in [0.2, 0.25) is 5.56 Å². The van der Waals surface area contributed by atoms with Crippen molar-refractivity contribution in [2.45, 2.75) is 0 Å². The van der Waals surface area contributed by atoms with Crippen LogP contribution in [0.5, 0.6) is 0 Å². The lowest BCUT2D eigenvalue weighted by molar-refractivity contribution is 0.112. The van der Waals surface area contributed by atoms with E-state index in [4.69, 9.17) is 58.0 Å². The molecule has 1 aromatic heterocycles. The zero-order valence-electron chi connectivity index (χ0n) is 9.44. The highest BCUT2D eigenvalue weighted by Crippen LogP contribution is 2.48. The van der Waals surface area contributed by atoms with Gasteiger partial charge in [-0.2, -0.15) is 0 Å². The third-order valence-corrected chi connectivity index (χ3v) is 4.84. The van der Waals surface area contributed by atoms with Gasteiger partial charge in [0.25, 0.3) is 0 Å². The number of pyridine rings is 1. The van der Waals surface area contributed by atoms with Crippen LogP contribution in [0.25, 0.3) is 11.1 Å². The first kappa shape index (κ1) is 15.7. The van der Waals surface area contributed by atoms with Gasteiger partial charge < -0.3 is 4.98 Å². The van der Waals surface area contributed by atoms with E-state index in [1.165, 1.54) is 6.20 Å². The lowest BCUT2D eigenvalue weighted by atomic mass is 10.0. The fraction of sp³-hybridized carbons (Fsp3) is 0. The Morgan fingerprint density at radius 3 is 1.90 bits per heavy atom. The Hall–Kier alpha value is -0.710. The summed E-state index contributed by atoms with van der Waals surface area (Å²) in [6, 6.07) is 1.12. The monoisotopic (exact) mass is 369 g/mol. The largest absolute Gasteiger partial charge is 0.328 e. The van der Waals surface area contributed by atoms with Crippen LogP contribution in [-0.4, -0.2) is 11.3 Å². The molecule has 104 valence electrons. The quantitative estimate of drug-likeness (QED) is 0.452. The molecule has 1 N–H and O–H groups in total. The Balaban J connectivity index is 2.90. The van der Waals surface area contributed by atoms with Gasteiger partial charge in [-0.3, -0.25) is 9.59 Å². The van der Waals surface area contributed by atoms with Gasteiger partial charge >= 0.3 is 0 Å². The van der Waals surface area contributed by atoms with Crippen LogP contribution >= 0.6 is 58.0 Å². The van der Waals surface area contributed by atoms with Crippen molar-refractivity contribution in [2.24, 2.45) is 0 Å². The molecule has 0 aliphatic carbocycles. The van der Waals surface area contributed by atoms with Gasteiger partial charge in [-0.1, -0.05) is 58.0 Å². The Morgan fingerprint density at radius 1 is 0.900 bits per heavy atom. The highest BCUT2D eigenvalue weighted by Gasteiger charge is 2.22. The first-order valence-electron chi connectivity index (χ1n) is 5.08. The van der Waals surface area contributed by atoms with E-state index >= 15 is 0 Å². The van der Waals surface area contributed by atoms with E-state index in [0.29, 0.717) is 11.8 Å². The number of rotatable bonds is 2. The maximum Gasteiger partial charge on any atom is 0.248 e. The van der Waals surface area contributed by atoms with Crippen molar-refractivity contribution in [1.82, 2.24) is 4.98 Å². The van der Waals surface area contributed by atoms with Crippen LogP contribution in [-0.2, 0) is 0 Å². The predicted molar refractivity (Wildman–Crippen MR) is 82.9 cm³/mol. The average Bonchev–Trinajstić information content (AvgIpc) is 2.44. The number of hydrogen-bond acceptors (Lipinski definition) is 2. The van der Waals surface area contributed by atoms with Crippen molar-refractivity contribution in [3.05, 3.63) is 53.3 Å². The zero-order valence-corrected chi connectivity index (χ0v) is 13.2.